The number of amides is 2. The molecule has 0 bridgehead atoms. The molecule has 6 nitrogen and oxygen atoms in total. The minimum atomic E-state index is -0.469. The molecule has 1 fully saturated rings. The van der Waals surface area contributed by atoms with Crippen molar-refractivity contribution in [3.8, 4) is 0 Å². The topological polar surface area (TPSA) is 75.2 Å². The number of aromatic nitrogens is 2. The summed E-state index contributed by atoms with van der Waals surface area (Å²) in [6, 6.07) is 12.8. The van der Waals surface area contributed by atoms with Gasteiger partial charge in [0.05, 0.1) is 23.2 Å². The summed E-state index contributed by atoms with van der Waals surface area (Å²) < 4.78 is 0. The van der Waals surface area contributed by atoms with Crippen LogP contribution in [0.25, 0.3) is 10.9 Å². The summed E-state index contributed by atoms with van der Waals surface area (Å²) in [4.78, 5) is 35.3. The monoisotopic (exact) mass is 346 g/mol. The van der Waals surface area contributed by atoms with Crippen LogP contribution in [0, 0.1) is 5.92 Å². The number of anilines is 1. The van der Waals surface area contributed by atoms with Crippen LogP contribution >= 0.6 is 0 Å². The molecule has 4 rings (SSSR count). The molecule has 0 spiro atoms. The molecule has 2 amide bonds. The molecule has 0 unspecified atom stereocenters. The van der Waals surface area contributed by atoms with Crippen LogP contribution < -0.4 is 5.32 Å². The van der Waals surface area contributed by atoms with Crippen molar-refractivity contribution in [1.82, 2.24) is 14.9 Å². The Hall–Kier alpha value is -3.28. The van der Waals surface area contributed by atoms with Gasteiger partial charge in [0, 0.05) is 37.4 Å². The lowest BCUT2D eigenvalue weighted by Gasteiger charge is -2.24. The van der Waals surface area contributed by atoms with Crippen LogP contribution in [0.4, 0.5) is 5.69 Å². The number of carbonyl (C=O) groups excluding carboxylic acids is 2. The zero-order valence-electron chi connectivity index (χ0n) is 14.3. The Labute approximate surface area is 150 Å². The Morgan fingerprint density at radius 1 is 1.15 bits per heavy atom. The fourth-order valence-corrected chi connectivity index (χ4v) is 3.55. The van der Waals surface area contributed by atoms with Crippen LogP contribution in [0.2, 0.25) is 0 Å². The van der Waals surface area contributed by atoms with E-state index in [0.717, 1.165) is 16.5 Å². The van der Waals surface area contributed by atoms with Crippen molar-refractivity contribution in [2.24, 2.45) is 5.92 Å². The third kappa shape index (κ3) is 2.79. The lowest BCUT2D eigenvalue weighted by molar-refractivity contribution is -0.127. The Balaban J connectivity index is 1.65. The highest BCUT2D eigenvalue weighted by Gasteiger charge is 2.42. The van der Waals surface area contributed by atoms with Crippen LogP contribution in [0.5, 0.6) is 0 Å². The summed E-state index contributed by atoms with van der Waals surface area (Å²) >= 11 is 0. The van der Waals surface area contributed by atoms with Crippen molar-refractivity contribution in [2.45, 2.75) is 12.5 Å². The van der Waals surface area contributed by atoms with Crippen LogP contribution in [0.15, 0.2) is 61.1 Å². The van der Waals surface area contributed by atoms with Crippen molar-refractivity contribution in [3.63, 3.8) is 0 Å². The van der Waals surface area contributed by atoms with E-state index in [1.54, 1.807) is 30.5 Å². The number of rotatable bonds is 3. The summed E-state index contributed by atoms with van der Waals surface area (Å²) in [6.07, 6.45) is 5.29. The summed E-state index contributed by atoms with van der Waals surface area (Å²) in [5.41, 5.74) is 2.38. The number of likely N-dealkylation sites (tertiary alicyclic amines) is 1. The Bertz CT molecular complexity index is 968. The van der Waals surface area contributed by atoms with Crippen molar-refractivity contribution in [2.75, 3.05) is 12.4 Å². The molecule has 1 aliphatic heterocycles. The number of pyridine rings is 2. The highest BCUT2D eigenvalue weighted by atomic mass is 16.2. The van der Waals surface area contributed by atoms with Gasteiger partial charge in [-0.15, -0.1) is 0 Å². The number of nitrogens with zero attached hydrogens (tertiary/aromatic N) is 3. The maximum Gasteiger partial charge on any atom is 0.230 e. The summed E-state index contributed by atoms with van der Waals surface area (Å²) in [6.45, 7) is 0. The van der Waals surface area contributed by atoms with E-state index in [2.05, 4.69) is 15.3 Å². The molecule has 130 valence electrons. The number of hydrogen-bond donors (Lipinski definition) is 1. The SMILES string of the molecule is CN1C(=O)C[C@H](C(=O)Nc2cccc3ncccc23)[C@@H]1c1cccnc1. The van der Waals surface area contributed by atoms with Crippen LogP contribution in [-0.4, -0.2) is 33.7 Å². The first-order valence-electron chi connectivity index (χ1n) is 8.45. The maximum absolute atomic E-state index is 13.0. The van der Waals surface area contributed by atoms with E-state index in [1.165, 1.54) is 0 Å². The fourth-order valence-electron chi connectivity index (χ4n) is 3.55. The maximum atomic E-state index is 13.0. The first kappa shape index (κ1) is 16.2. The van der Waals surface area contributed by atoms with Gasteiger partial charge in [-0.2, -0.15) is 0 Å². The first-order chi connectivity index (χ1) is 12.6. The van der Waals surface area contributed by atoms with Crippen molar-refractivity contribution >= 4 is 28.4 Å². The van der Waals surface area contributed by atoms with Crippen LogP contribution in [0.1, 0.15) is 18.0 Å². The standard InChI is InChI=1S/C20H18N4O2/c1-24-18(25)11-15(19(24)13-5-3-9-21-12-13)20(26)23-17-8-2-7-16-14(17)6-4-10-22-16/h2-10,12,15,19H,11H2,1H3,(H,23,26)/t15-,19-/m0/s1. The highest BCUT2D eigenvalue weighted by Crippen LogP contribution is 2.37. The van der Waals surface area contributed by atoms with Gasteiger partial charge >= 0.3 is 0 Å². The predicted octanol–water partition coefficient (Wildman–Crippen LogP) is 2.79. The van der Waals surface area contributed by atoms with Crippen LogP contribution in [0.3, 0.4) is 0 Å². The molecular weight excluding hydrogens is 328 g/mol. The lowest BCUT2D eigenvalue weighted by atomic mass is 9.93. The van der Waals surface area contributed by atoms with Gasteiger partial charge in [-0.25, -0.2) is 0 Å². The third-order valence-electron chi connectivity index (χ3n) is 4.85. The second-order valence-corrected chi connectivity index (χ2v) is 6.41. The van der Waals surface area contributed by atoms with E-state index in [4.69, 9.17) is 0 Å². The molecule has 3 heterocycles. The quantitative estimate of drug-likeness (QED) is 0.791. The zero-order chi connectivity index (χ0) is 18.1. The second kappa shape index (κ2) is 6.55. The van der Waals surface area contributed by atoms with Crippen LogP contribution in [-0.2, 0) is 9.59 Å². The molecule has 1 aromatic carbocycles. The van der Waals surface area contributed by atoms with Gasteiger partial charge in [-0.05, 0) is 35.9 Å². The number of carbonyl (C=O) groups is 2. The van der Waals surface area contributed by atoms with E-state index in [-0.39, 0.29) is 24.3 Å². The Morgan fingerprint density at radius 3 is 2.81 bits per heavy atom. The molecule has 2 atom stereocenters. The Kier molecular flexibility index (Phi) is 4.08. The van der Waals surface area contributed by atoms with Gasteiger partial charge in [0.1, 0.15) is 0 Å². The van der Waals surface area contributed by atoms with E-state index in [1.807, 2.05) is 42.5 Å². The minimum absolute atomic E-state index is 0.0430. The average Bonchev–Trinajstić information content (AvgIpc) is 2.98. The lowest BCUT2D eigenvalue weighted by Crippen LogP contribution is -2.30. The first-order valence-corrected chi connectivity index (χ1v) is 8.45. The normalized spacial score (nSPS) is 19.7. The second-order valence-electron chi connectivity index (χ2n) is 6.41. The third-order valence-corrected chi connectivity index (χ3v) is 4.85. The molecule has 1 saturated heterocycles. The average molecular weight is 346 g/mol. The summed E-state index contributed by atoms with van der Waals surface area (Å²) in [5.74, 6) is -0.685. The number of fused-ring (bicyclic) bond motifs is 1. The molecule has 1 aliphatic rings. The molecule has 0 aliphatic carbocycles. The molecule has 3 aromatic rings. The molecule has 26 heavy (non-hydrogen) atoms. The van der Waals surface area contributed by atoms with E-state index in [9.17, 15) is 9.59 Å². The van der Waals surface area contributed by atoms with Crippen molar-refractivity contribution in [1.29, 1.82) is 0 Å². The Morgan fingerprint density at radius 2 is 2.00 bits per heavy atom. The van der Waals surface area contributed by atoms with Gasteiger partial charge in [0.25, 0.3) is 0 Å². The molecule has 6 heteroatoms. The van der Waals surface area contributed by atoms with Crippen molar-refractivity contribution < 1.29 is 9.59 Å². The molecule has 0 saturated carbocycles. The van der Waals surface area contributed by atoms with E-state index < -0.39 is 5.92 Å². The number of benzene rings is 1. The predicted molar refractivity (Wildman–Crippen MR) is 98.2 cm³/mol. The molecular formula is C20H18N4O2. The molecule has 0 radical (unpaired) electrons. The van der Waals surface area contributed by atoms with Crippen molar-refractivity contribution in [3.05, 3.63) is 66.6 Å². The van der Waals surface area contributed by atoms with Gasteiger partial charge in [-0.1, -0.05) is 12.1 Å². The molecule has 1 N–H and O–H groups in total. The highest BCUT2D eigenvalue weighted by molar-refractivity contribution is 6.03. The van der Waals surface area contributed by atoms with Gasteiger partial charge in [0.2, 0.25) is 11.8 Å². The van der Waals surface area contributed by atoms with Gasteiger partial charge in [-0.3, -0.25) is 19.6 Å². The van der Waals surface area contributed by atoms with E-state index in [0.29, 0.717) is 5.69 Å². The zero-order valence-corrected chi connectivity index (χ0v) is 14.3. The smallest absolute Gasteiger partial charge is 0.230 e. The molecule has 2 aromatic heterocycles. The van der Waals surface area contributed by atoms with Gasteiger partial charge < -0.3 is 10.2 Å². The van der Waals surface area contributed by atoms with E-state index >= 15 is 0 Å². The largest absolute Gasteiger partial charge is 0.338 e. The number of hydrogen-bond acceptors (Lipinski definition) is 4. The number of nitrogens with one attached hydrogen (secondary N) is 1. The fraction of sp³-hybridized carbons (Fsp3) is 0.200. The minimum Gasteiger partial charge on any atom is -0.338 e. The van der Waals surface area contributed by atoms with Gasteiger partial charge in [0.15, 0.2) is 0 Å². The summed E-state index contributed by atoms with van der Waals surface area (Å²) in [7, 11) is 1.73. The summed E-state index contributed by atoms with van der Waals surface area (Å²) in [5, 5.41) is 3.86.